The predicted molar refractivity (Wildman–Crippen MR) is 117 cm³/mol. The van der Waals surface area contributed by atoms with Crippen LogP contribution >= 0.6 is 11.3 Å². The second-order valence-corrected chi connectivity index (χ2v) is 7.56. The number of carboxylic acid groups (broad SMARTS) is 1. The summed E-state index contributed by atoms with van der Waals surface area (Å²) in [6.07, 6.45) is 0.325. The van der Waals surface area contributed by atoms with Crippen LogP contribution in [0.5, 0.6) is 5.75 Å². The van der Waals surface area contributed by atoms with E-state index in [0.29, 0.717) is 32.6 Å². The molecule has 0 atom stereocenters. The van der Waals surface area contributed by atoms with E-state index in [9.17, 15) is 14.4 Å². The number of hydrogen-bond acceptors (Lipinski definition) is 6. The van der Waals surface area contributed by atoms with Crippen molar-refractivity contribution in [1.82, 2.24) is 10.3 Å². The molecule has 10 heteroatoms. The molecular formula is C21H20N4O5S. The first-order valence-corrected chi connectivity index (χ1v) is 9.97. The smallest absolute Gasteiger partial charge is 0.404 e. The highest BCUT2D eigenvalue weighted by molar-refractivity contribution is 7.15. The summed E-state index contributed by atoms with van der Waals surface area (Å²) in [4.78, 5) is 40.9. The van der Waals surface area contributed by atoms with Gasteiger partial charge in [-0.1, -0.05) is 35.1 Å². The molecule has 4 N–H and O–H groups in total. The fraction of sp³-hybridized carbons (Fsp3) is 0.143. The summed E-state index contributed by atoms with van der Waals surface area (Å²) in [7, 11) is 1.49. The summed E-state index contributed by atoms with van der Waals surface area (Å²) < 4.78 is 5.29. The Bertz CT molecular complexity index is 1130. The Morgan fingerprint density at radius 2 is 1.87 bits per heavy atom. The molecule has 3 amide bonds. The number of methoxy groups -OCH3 is 1. The number of rotatable bonds is 7. The topological polar surface area (TPSA) is 130 Å². The van der Waals surface area contributed by atoms with Crippen LogP contribution in [0, 0.1) is 6.92 Å². The highest BCUT2D eigenvalue weighted by Crippen LogP contribution is 2.26. The number of para-hydroxylation sites is 1. The van der Waals surface area contributed by atoms with Crippen LogP contribution in [0.3, 0.4) is 0 Å². The third-order valence-electron chi connectivity index (χ3n) is 4.21. The molecule has 3 rings (SSSR count). The molecule has 1 aromatic heterocycles. The standard InChI is InChI=1S/C21H20N4O5S/c1-12-7-8-16(15(9-12)18(26)14-5-3-4-6-17(14)30-2)24-19(27)25-20-22-10-13(31-20)11-23-21(28)29/h3-10,23H,11H2,1-2H3,(H,28,29)(H2,22,24,25,27). The minimum atomic E-state index is -1.15. The first kappa shape index (κ1) is 21.8. The number of amides is 3. The molecule has 0 aliphatic carbocycles. The zero-order valence-electron chi connectivity index (χ0n) is 16.8. The Labute approximate surface area is 182 Å². The van der Waals surface area contributed by atoms with Crippen molar-refractivity contribution in [2.45, 2.75) is 13.5 Å². The summed E-state index contributed by atoms with van der Waals surface area (Å²) in [5.74, 6) is 0.155. The van der Waals surface area contributed by atoms with Crippen molar-refractivity contribution in [2.75, 3.05) is 17.7 Å². The van der Waals surface area contributed by atoms with Crippen LogP contribution in [0.2, 0.25) is 0 Å². The number of aryl methyl sites for hydroxylation is 1. The number of ketones is 1. The van der Waals surface area contributed by atoms with Gasteiger partial charge in [0.25, 0.3) is 0 Å². The van der Waals surface area contributed by atoms with E-state index >= 15 is 0 Å². The summed E-state index contributed by atoms with van der Waals surface area (Å²) in [5, 5.41) is 16.4. The van der Waals surface area contributed by atoms with E-state index in [1.54, 1.807) is 42.5 Å². The van der Waals surface area contributed by atoms with Crippen LogP contribution in [0.4, 0.5) is 20.4 Å². The van der Waals surface area contributed by atoms with Crippen molar-refractivity contribution >= 4 is 40.1 Å². The number of nitrogens with one attached hydrogen (secondary N) is 3. The maximum atomic E-state index is 13.2. The zero-order valence-corrected chi connectivity index (χ0v) is 17.6. The maximum Gasteiger partial charge on any atom is 0.404 e. The van der Waals surface area contributed by atoms with Gasteiger partial charge < -0.3 is 20.5 Å². The quantitative estimate of drug-likeness (QED) is 0.409. The second kappa shape index (κ2) is 9.72. The molecule has 0 saturated heterocycles. The average Bonchev–Trinajstić information content (AvgIpc) is 3.20. The molecule has 0 aliphatic heterocycles. The first-order chi connectivity index (χ1) is 14.9. The number of urea groups is 1. The van der Waals surface area contributed by atoms with Crippen molar-refractivity contribution in [2.24, 2.45) is 0 Å². The van der Waals surface area contributed by atoms with E-state index in [4.69, 9.17) is 9.84 Å². The molecule has 9 nitrogen and oxygen atoms in total. The van der Waals surface area contributed by atoms with Crippen LogP contribution in [0.25, 0.3) is 0 Å². The van der Waals surface area contributed by atoms with E-state index in [2.05, 4.69) is 20.9 Å². The van der Waals surface area contributed by atoms with Crippen LogP contribution in [-0.4, -0.2) is 35.1 Å². The molecule has 2 aromatic carbocycles. The molecule has 0 fully saturated rings. The number of hydrogen-bond donors (Lipinski definition) is 4. The lowest BCUT2D eigenvalue weighted by Gasteiger charge is -2.13. The van der Waals surface area contributed by atoms with E-state index in [0.717, 1.165) is 16.9 Å². The summed E-state index contributed by atoms with van der Waals surface area (Å²) in [6.45, 7) is 1.94. The number of thiazole rings is 1. The second-order valence-electron chi connectivity index (χ2n) is 6.45. The minimum absolute atomic E-state index is 0.0891. The third-order valence-corrected chi connectivity index (χ3v) is 5.12. The average molecular weight is 440 g/mol. The Balaban J connectivity index is 1.77. The van der Waals surface area contributed by atoms with Gasteiger partial charge in [-0.3, -0.25) is 10.1 Å². The Morgan fingerprint density at radius 1 is 1.10 bits per heavy atom. The molecule has 0 spiro atoms. The van der Waals surface area contributed by atoms with E-state index in [-0.39, 0.29) is 12.3 Å². The van der Waals surface area contributed by atoms with Gasteiger partial charge in [-0.2, -0.15) is 0 Å². The Hall–Kier alpha value is -3.92. The SMILES string of the molecule is COc1ccccc1C(=O)c1cc(C)ccc1NC(=O)Nc1ncc(CNC(=O)O)s1. The van der Waals surface area contributed by atoms with Gasteiger partial charge in [-0.25, -0.2) is 14.6 Å². The van der Waals surface area contributed by atoms with Gasteiger partial charge in [-0.15, -0.1) is 0 Å². The number of nitrogens with zero attached hydrogens (tertiary/aromatic N) is 1. The largest absolute Gasteiger partial charge is 0.496 e. The Morgan fingerprint density at radius 3 is 2.61 bits per heavy atom. The zero-order chi connectivity index (χ0) is 22.4. The lowest BCUT2D eigenvalue weighted by Crippen LogP contribution is -2.21. The van der Waals surface area contributed by atoms with Gasteiger partial charge in [0.05, 0.1) is 24.9 Å². The van der Waals surface area contributed by atoms with Crippen LogP contribution in [0.15, 0.2) is 48.7 Å². The monoisotopic (exact) mass is 440 g/mol. The first-order valence-electron chi connectivity index (χ1n) is 9.15. The molecule has 1 heterocycles. The number of ether oxygens (including phenoxy) is 1. The molecule has 0 bridgehead atoms. The highest BCUT2D eigenvalue weighted by Gasteiger charge is 2.19. The predicted octanol–water partition coefficient (Wildman–Crippen LogP) is 4.10. The van der Waals surface area contributed by atoms with Gasteiger partial charge in [0.2, 0.25) is 0 Å². The van der Waals surface area contributed by atoms with E-state index in [1.807, 2.05) is 6.92 Å². The molecule has 0 aliphatic rings. The fourth-order valence-electron chi connectivity index (χ4n) is 2.79. The number of aromatic nitrogens is 1. The van der Waals surface area contributed by atoms with E-state index < -0.39 is 12.1 Å². The number of carbonyl (C=O) groups is 3. The lowest BCUT2D eigenvalue weighted by molar-refractivity contribution is 0.103. The van der Waals surface area contributed by atoms with Gasteiger partial charge in [0.15, 0.2) is 10.9 Å². The molecular weight excluding hydrogens is 420 g/mol. The molecule has 0 unspecified atom stereocenters. The highest BCUT2D eigenvalue weighted by atomic mass is 32.1. The number of anilines is 2. The van der Waals surface area contributed by atoms with Gasteiger partial charge in [0, 0.05) is 16.6 Å². The van der Waals surface area contributed by atoms with Crippen molar-refractivity contribution in [3.05, 3.63) is 70.2 Å². The normalized spacial score (nSPS) is 10.3. The van der Waals surface area contributed by atoms with Gasteiger partial charge >= 0.3 is 12.1 Å². The van der Waals surface area contributed by atoms with Gasteiger partial charge in [-0.05, 0) is 31.2 Å². The third kappa shape index (κ3) is 5.58. The van der Waals surface area contributed by atoms with Crippen molar-refractivity contribution in [1.29, 1.82) is 0 Å². The maximum absolute atomic E-state index is 13.2. The minimum Gasteiger partial charge on any atom is -0.496 e. The van der Waals surface area contributed by atoms with Crippen LogP contribution < -0.4 is 20.7 Å². The number of carbonyl (C=O) groups excluding carboxylic acids is 2. The molecule has 160 valence electrons. The summed E-state index contributed by atoms with van der Waals surface area (Å²) in [6, 6.07) is 11.4. The Kier molecular flexibility index (Phi) is 6.83. The van der Waals surface area contributed by atoms with Gasteiger partial charge in [0.1, 0.15) is 5.75 Å². The molecule has 0 radical (unpaired) electrons. The number of benzene rings is 2. The molecule has 0 saturated carbocycles. The van der Waals surface area contributed by atoms with Crippen LogP contribution in [-0.2, 0) is 6.54 Å². The van der Waals surface area contributed by atoms with Crippen LogP contribution in [0.1, 0.15) is 26.4 Å². The summed E-state index contributed by atoms with van der Waals surface area (Å²) in [5.41, 5.74) is 1.91. The molecule has 31 heavy (non-hydrogen) atoms. The molecule has 3 aromatic rings. The lowest BCUT2D eigenvalue weighted by atomic mass is 9.99. The van der Waals surface area contributed by atoms with E-state index in [1.165, 1.54) is 13.3 Å². The summed E-state index contributed by atoms with van der Waals surface area (Å²) >= 11 is 1.14. The van der Waals surface area contributed by atoms with Crippen molar-refractivity contribution in [3.63, 3.8) is 0 Å². The van der Waals surface area contributed by atoms with Crippen molar-refractivity contribution < 1.29 is 24.2 Å². The van der Waals surface area contributed by atoms with Crippen molar-refractivity contribution in [3.8, 4) is 5.75 Å². The fourth-order valence-corrected chi connectivity index (χ4v) is 3.54.